The summed E-state index contributed by atoms with van der Waals surface area (Å²) in [7, 11) is 0. The van der Waals surface area contributed by atoms with Crippen LogP contribution in [0.4, 0.5) is 0 Å². The van der Waals surface area contributed by atoms with E-state index in [-0.39, 0.29) is 6.42 Å². The lowest BCUT2D eigenvalue weighted by molar-refractivity contribution is -0.136. The third-order valence-electron chi connectivity index (χ3n) is 4.55. The number of benzene rings is 2. The van der Waals surface area contributed by atoms with Gasteiger partial charge in [0.05, 0.1) is 12.1 Å². The summed E-state index contributed by atoms with van der Waals surface area (Å²) in [4.78, 5) is 15.5. The van der Waals surface area contributed by atoms with Crippen LogP contribution in [0.15, 0.2) is 53.9 Å². The van der Waals surface area contributed by atoms with E-state index in [0.717, 1.165) is 29.0 Å². The maximum absolute atomic E-state index is 11.0. The Morgan fingerprint density at radius 1 is 1.22 bits per heavy atom. The lowest BCUT2D eigenvalue weighted by Gasteiger charge is -2.15. The molecule has 1 unspecified atom stereocenters. The van der Waals surface area contributed by atoms with Crippen LogP contribution in [0.1, 0.15) is 42.3 Å². The molecule has 1 atom stereocenters. The summed E-state index contributed by atoms with van der Waals surface area (Å²) < 4.78 is 6.08. The van der Waals surface area contributed by atoms with Crippen molar-refractivity contribution in [2.75, 3.05) is 0 Å². The smallest absolute Gasteiger partial charge is 0.310 e. The maximum Gasteiger partial charge on any atom is 0.310 e. The summed E-state index contributed by atoms with van der Waals surface area (Å²) in [6, 6.07) is 16.2. The largest absolute Gasteiger partial charge is 0.488 e. The van der Waals surface area contributed by atoms with Crippen molar-refractivity contribution in [2.45, 2.75) is 39.2 Å². The van der Waals surface area contributed by atoms with E-state index in [2.05, 4.69) is 31.0 Å². The first-order valence-electron chi connectivity index (χ1n) is 9.04. The van der Waals surface area contributed by atoms with Crippen LogP contribution < -0.4 is 4.74 Å². The first-order valence-corrected chi connectivity index (χ1v) is 9.92. The summed E-state index contributed by atoms with van der Waals surface area (Å²) in [5.74, 6) is 0.326. The normalized spacial score (nSPS) is 11.9. The van der Waals surface area contributed by atoms with Crippen LogP contribution in [0.2, 0.25) is 0 Å². The second-order valence-electron chi connectivity index (χ2n) is 6.54. The number of hydrogen-bond acceptors (Lipinski definition) is 4. The number of carboxylic acid groups (broad SMARTS) is 1. The van der Waals surface area contributed by atoms with E-state index in [4.69, 9.17) is 9.84 Å². The van der Waals surface area contributed by atoms with Crippen molar-refractivity contribution in [2.24, 2.45) is 0 Å². The zero-order valence-electron chi connectivity index (χ0n) is 15.5. The minimum Gasteiger partial charge on any atom is -0.488 e. The van der Waals surface area contributed by atoms with Crippen LogP contribution in [0.3, 0.4) is 0 Å². The van der Waals surface area contributed by atoms with E-state index in [9.17, 15) is 4.79 Å². The number of aromatic nitrogens is 1. The lowest BCUT2D eigenvalue weighted by atomic mass is 9.96. The van der Waals surface area contributed by atoms with Gasteiger partial charge in [0, 0.05) is 10.9 Å². The first kappa shape index (κ1) is 19.1. The third-order valence-corrected chi connectivity index (χ3v) is 5.40. The van der Waals surface area contributed by atoms with Crippen LogP contribution in [-0.2, 0) is 17.8 Å². The van der Waals surface area contributed by atoms with Crippen LogP contribution in [0.5, 0.6) is 5.75 Å². The zero-order valence-corrected chi connectivity index (χ0v) is 16.3. The topological polar surface area (TPSA) is 59.4 Å². The molecule has 0 bridgehead atoms. The Morgan fingerprint density at radius 2 is 2.00 bits per heavy atom. The Kier molecular flexibility index (Phi) is 6.24. The van der Waals surface area contributed by atoms with E-state index in [1.54, 1.807) is 0 Å². The fraction of sp³-hybridized carbons (Fsp3) is 0.273. The zero-order chi connectivity index (χ0) is 19.2. The van der Waals surface area contributed by atoms with Crippen molar-refractivity contribution in [1.29, 1.82) is 0 Å². The summed E-state index contributed by atoms with van der Waals surface area (Å²) in [5, 5.41) is 11.5. The second kappa shape index (κ2) is 8.82. The van der Waals surface area contributed by atoms with Gasteiger partial charge in [-0.2, -0.15) is 0 Å². The molecule has 1 N–H and O–H groups in total. The second-order valence-corrected chi connectivity index (χ2v) is 7.48. The molecule has 0 saturated heterocycles. The van der Waals surface area contributed by atoms with Crippen molar-refractivity contribution < 1.29 is 14.6 Å². The van der Waals surface area contributed by atoms with E-state index in [0.29, 0.717) is 17.5 Å². The molecule has 5 heteroatoms. The van der Waals surface area contributed by atoms with E-state index < -0.39 is 5.97 Å². The fourth-order valence-electron chi connectivity index (χ4n) is 2.80. The molecule has 3 rings (SSSR count). The first-order chi connectivity index (χ1) is 13.1. The average Bonchev–Trinajstić information content (AvgIpc) is 3.14. The number of carbonyl (C=O) groups is 1. The molecule has 0 radical (unpaired) electrons. The molecule has 0 spiro atoms. The molecule has 2 aromatic carbocycles. The van der Waals surface area contributed by atoms with Gasteiger partial charge in [0.15, 0.2) is 0 Å². The number of aliphatic carboxylic acids is 1. The van der Waals surface area contributed by atoms with Gasteiger partial charge in [-0.05, 0) is 35.6 Å². The number of rotatable bonds is 8. The molecule has 0 fully saturated rings. The third kappa shape index (κ3) is 4.95. The maximum atomic E-state index is 11.0. The van der Waals surface area contributed by atoms with E-state index in [1.807, 2.05) is 41.8 Å². The summed E-state index contributed by atoms with van der Waals surface area (Å²) in [5.41, 5.74) is 4.01. The minimum atomic E-state index is -0.871. The number of hydrogen-bond donors (Lipinski definition) is 1. The molecule has 4 nitrogen and oxygen atoms in total. The highest BCUT2D eigenvalue weighted by Gasteiger charge is 2.15. The van der Waals surface area contributed by atoms with Crippen LogP contribution in [0.25, 0.3) is 11.3 Å². The van der Waals surface area contributed by atoms with Crippen molar-refractivity contribution in [3.8, 4) is 17.0 Å². The van der Waals surface area contributed by atoms with Gasteiger partial charge in [0.1, 0.15) is 17.4 Å². The minimum absolute atomic E-state index is 0.0596. The predicted molar refractivity (Wildman–Crippen MR) is 108 cm³/mol. The van der Waals surface area contributed by atoms with Crippen molar-refractivity contribution >= 4 is 17.3 Å². The predicted octanol–water partition coefficient (Wildman–Crippen LogP) is 5.53. The highest BCUT2D eigenvalue weighted by atomic mass is 32.1. The number of nitrogens with zero attached hydrogens (tertiary/aromatic N) is 1. The van der Waals surface area contributed by atoms with Gasteiger partial charge in [-0.1, -0.05) is 50.2 Å². The molecule has 0 saturated carbocycles. The van der Waals surface area contributed by atoms with Crippen molar-refractivity contribution in [3.63, 3.8) is 0 Å². The van der Waals surface area contributed by atoms with Gasteiger partial charge in [-0.15, -0.1) is 11.3 Å². The van der Waals surface area contributed by atoms with Gasteiger partial charge in [-0.25, -0.2) is 4.98 Å². The molecule has 0 aliphatic rings. The standard InChI is InChI=1S/C22H23NO3S/c1-3-15(2)17-9-10-20(26-13-16-7-5-4-6-8-16)18(11-17)19-14-27-21(23-19)12-22(24)25/h4-11,14-15H,3,12-13H2,1-2H3,(H,24,25). The molecule has 0 amide bonds. The average molecular weight is 381 g/mol. The number of ether oxygens (including phenoxy) is 1. The van der Waals surface area contributed by atoms with Gasteiger partial charge in [0.25, 0.3) is 0 Å². The SMILES string of the molecule is CCC(C)c1ccc(OCc2ccccc2)c(-c2csc(CC(=O)O)n2)c1. The van der Waals surface area contributed by atoms with Crippen LogP contribution in [0, 0.1) is 0 Å². The molecule has 1 heterocycles. The van der Waals surface area contributed by atoms with Gasteiger partial charge >= 0.3 is 5.97 Å². The van der Waals surface area contributed by atoms with E-state index in [1.165, 1.54) is 16.9 Å². The van der Waals surface area contributed by atoms with Crippen molar-refractivity contribution in [1.82, 2.24) is 4.98 Å². The Balaban J connectivity index is 1.92. The Hall–Kier alpha value is -2.66. The molecule has 1 aromatic heterocycles. The molecule has 27 heavy (non-hydrogen) atoms. The van der Waals surface area contributed by atoms with Gasteiger partial charge in [0.2, 0.25) is 0 Å². The highest BCUT2D eigenvalue weighted by molar-refractivity contribution is 7.10. The number of thiazole rings is 1. The Morgan fingerprint density at radius 3 is 2.70 bits per heavy atom. The van der Waals surface area contributed by atoms with Gasteiger partial charge in [-0.3, -0.25) is 4.79 Å². The quantitative estimate of drug-likeness (QED) is 0.557. The van der Waals surface area contributed by atoms with Crippen LogP contribution >= 0.6 is 11.3 Å². The molecule has 140 valence electrons. The highest BCUT2D eigenvalue weighted by Crippen LogP contribution is 2.35. The van der Waals surface area contributed by atoms with Crippen molar-refractivity contribution in [3.05, 3.63) is 70.0 Å². The lowest BCUT2D eigenvalue weighted by Crippen LogP contribution is -2.00. The molecular formula is C22H23NO3S. The molecule has 3 aromatic rings. The molecule has 0 aliphatic heterocycles. The summed E-state index contributed by atoms with van der Waals surface area (Å²) >= 11 is 1.37. The Bertz CT molecular complexity index is 905. The van der Waals surface area contributed by atoms with Gasteiger partial charge < -0.3 is 9.84 Å². The van der Waals surface area contributed by atoms with E-state index >= 15 is 0 Å². The summed E-state index contributed by atoms with van der Waals surface area (Å²) in [6.45, 7) is 4.83. The summed E-state index contributed by atoms with van der Waals surface area (Å²) in [6.07, 6.45) is 0.987. The van der Waals surface area contributed by atoms with Crippen LogP contribution in [-0.4, -0.2) is 16.1 Å². The number of carboxylic acids is 1. The molecule has 0 aliphatic carbocycles. The Labute approximate surface area is 163 Å². The monoisotopic (exact) mass is 381 g/mol. The fourth-order valence-corrected chi connectivity index (χ4v) is 3.58. The molecular weight excluding hydrogens is 358 g/mol.